The maximum Gasteiger partial charge on any atom is 0.325 e. The van der Waals surface area contributed by atoms with Crippen molar-refractivity contribution in [2.75, 3.05) is 0 Å². The molecule has 1 aliphatic carbocycles. The number of nitrogens with one attached hydrogen (secondary N) is 2. The average molecular weight is 380 g/mol. The van der Waals surface area contributed by atoms with Crippen LogP contribution in [0.25, 0.3) is 16.9 Å². The van der Waals surface area contributed by atoms with E-state index < -0.39 is 11.2 Å². The normalized spacial score (nSPS) is 18.7. The van der Waals surface area contributed by atoms with Crippen LogP contribution >= 0.6 is 11.6 Å². The van der Waals surface area contributed by atoms with Crippen molar-refractivity contribution in [2.45, 2.75) is 18.3 Å². The van der Waals surface area contributed by atoms with Gasteiger partial charge in [0.1, 0.15) is 0 Å². The highest BCUT2D eigenvalue weighted by atomic mass is 35.5. The third kappa shape index (κ3) is 2.76. The summed E-state index contributed by atoms with van der Waals surface area (Å²) < 4.78 is 1.67. The second-order valence-corrected chi connectivity index (χ2v) is 7.10. The number of nitrogens with zero attached hydrogens (tertiary/aromatic N) is 3. The lowest BCUT2D eigenvalue weighted by atomic mass is 10.0. The molecule has 1 aromatic carbocycles. The number of H-pyrrole nitrogens is 2. The monoisotopic (exact) mass is 379 g/mol. The van der Waals surface area contributed by atoms with Crippen LogP contribution in [0.2, 0.25) is 5.02 Å². The number of benzene rings is 1. The molecular formula is C19H14ClN5O2. The van der Waals surface area contributed by atoms with E-state index >= 15 is 0 Å². The van der Waals surface area contributed by atoms with E-state index in [4.69, 9.17) is 11.6 Å². The summed E-state index contributed by atoms with van der Waals surface area (Å²) in [6, 6.07) is 9.78. The quantitative estimate of drug-likeness (QED) is 0.572. The predicted octanol–water partition coefficient (Wildman–Crippen LogP) is 2.70. The molecule has 134 valence electrons. The molecule has 3 aromatic heterocycles. The van der Waals surface area contributed by atoms with Gasteiger partial charge in [-0.25, -0.2) is 14.3 Å². The van der Waals surface area contributed by atoms with Crippen molar-refractivity contribution in [3.8, 4) is 11.3 Å². The Hall–Kier alpha value is -3.19. The van der Waals surface area contributed by atoms with Crippen molar-refractivity contribution in [1.82, 2.24) is 24.6 Å². The first-order chi connectivity index (χ1) is 13.1. The van der Waals surface area contributed by atoms with Crippen LogP contribution in [0.4, 0.5) is 0 Å². The fourth-order valence-electron chi connectivity index (χ4n) is 3.56. The highest BCUT2D eigenvalue weighted by Crippen LogP contribution is 2.55. The first-order valence-electron chi connectivity index (χ1n) is 8.52. The number of aromatic nitrogens is 5. The standard InChI is InChI=1S/C19H14ClN5O2/c20-11-3-1-10(2-4-11)12-7-13(12)14-8-16(24-25-6-5-21-17(14)25)15-9-22-19(27)23-18(15)26/h1-6,8-9,12-13H,7H2,(H2,22,23,26,27). The molecule has 1 aliphatic rings. The van der Waals surface area contributed by atoms with Gasteiger partial charge in [-0.3, -0.25) is 9.78 Å². The topological polar surface area (TPSA) is 95.9 Å². The van der Waals surface area contributed by atoms with E-state index in [9.17, 15) is 9.59 Å². The molecule has 7 nitrogen and oxygen atoms in total. The molecule has 4 aromatic rings. The third-order valence-electron chi connectivity index (χ3n) is 4.97. The summed E-state index contributed by atoms with van der Waals surface area (Å²) in [4.78, 5) is 32.6. The summed E-state index contributed by atoms with van der Waals surface area (Å²) in [5.41, 5.74) is 2.84. The van der Waals surface area contributed by atoms with Gasteiger partial charge >= 0.3 is 5.69 Å². The van der Waals surface area contributed by atoms with Crippen molar-refractivity contribution in [3.63, 3.8) is 0 Å². The number of hydrogen-bond donors (Lipinski definition) is 2. The Kier molecular flexibility index (Phi) is 3.51. The second-order valence-electron chi connectivity index (χ2n) is 6.67. The van der Waals surface area contributed by atoms with Crippen molar-refractivity contribution >= 4 is 17.2 Å². The second kappa shape index (κ2) is 5.92. The molecule has 2 atom stereocenters. The van der Waals surface area contributed by atoms with Crippen molar-refractivity contribution in [3.05, 3.63) is 85.9 Å². The number of fused-ring (bicyclic) bond motifs is 1. The summed E-state index contributed by atoms with van der Waals surface area (Å²) in [7, 11) is 0. The zero-order valence-corrected chi connectivity index (χ0v) is 14.8. The Morgan fingerprint density at radius 1 is 1.15 bits per heavy atom. The maximum atomic E-state index is 12.2. The molecule has 2 unspecified atom stereocenters. The smallest absolute Gasteiger partial charge is 0.313 e. The lowest BCUT2D eigenvalue weighted by molar-refractivity contribution is 0.906. The van der Waals surface area contributed by atoms with E-state index in [1.165, 1.54) is 11.8 Å². The highest BCUT2D eigenvalue weighted by molar-refractivity contribution is 6.30. The molecule has 27 heavy (non-hydrogen) atoms. The van der Waals surface area contributed by atoms with E-state index in [0.717, 1.165) is 22.7 Å². The molecule has 3 heterocycles. The molecule has 1 fully saturated rings. The van der Waals surface area contributed by atoms with Crippen LogP contribution < -0.4 is 11.2 Å². The van der Waals surface area contributed by atoms with Crippen molar-refractivity contribution in [2.24, 2.45) is 0 Å². The predicted molar refractivity (Wildman–Crippen MR) is 101 cm³/mol. The summed E-state index contributed by atoms with van der Waals surface area (Å²) >= 11 is 5.99. The van der Waals surface area contributed by atoms with Gasteiger partial charge in [-0.1, -0.05) is 23.7 Å². The van der Waals surface area contributed by atoms with Gasteiger partial charge in [0.25, 0.3) is 5.56 Å². The third-order valence-corrected chi connectivity index (χ3v) is 5.22. The first-order valence-corrected chi connectivity index (χ1v) is 8.90. The molecule has 2 N–H and O–H groups in total. The molecule has 0 spiro atoms. The van der Waals surface area contributed by atoms with Gasteiger partial charge in [0.2, 0.25) is 0 Å². The van der Waals surface area contributed by atoms with Gasteiger partial charge in [-0.2, -0.15) is 5.10 Å². The van der Waals surface area contributed by atoms with Gasteiger partial charge < -0.3 is 4.98 Å². The zero-order chi connectivity index (χ0) is 18.5. The van der Waals surface area contributed by atoms with Crippen LogP contribution in [0.3, 0.4) is 0 Å². The molecule has 0 saturated heterocycles. The summed E-state index contributed by atoms with van der Waals surface area (Å²) in [5.74, 6) is 0.673. The molecule has 0 aliphatic heterocycles. The summed E-state index contributed by atoms with van der Waals surface area (Å²) in [5, 5.41) is 5.19. The number of aromatic amines is 2. The van der Waals surface area contributed by atoms with Gasteiger partial charge in [0, 0.05) is 29.2 Å². The Bertz CT molecular complexity index is 1270. The fourth-order valence-corrected chi connectivity index (χ4v) is 3.69. The Morgan fingerprint density at radius 2 is 1.96 bits per heavy atom. The van der Waals surface area contributed by atoms with Crippen LogP contribution in [0, 0.1) is 0 Å². The first kappa shape index (κ1) is 16.0. The van der Waals surface area contributed by atoms with Crippen LogP contribution in [-0.2, 0) is 0 Å². The molecular weight excluding hydrogens is 366 g/mol. The van der Waals surface area contributed by atoms with E-state index in [1.807, 2.05) is 30.3 Å². The molecule has 0 radical (unpaired) electrons. The number of hydrogen-bond acceptors (Lipinski definition) is 4. The van der Waals surface area contributed by atoms with Gasteiger partial charge in [-0.15, -0.1) is 0 Å². The number of imidazole rings is 1. The number of rotatable bonds is 3. The van der Waals surface area contributed by atoms with Gasteiger partial charge in [0.05, 0.1) is 11.3 Å². The minimum absolute atomic E-state index is 0.291. The lowest BCUT2D eigenvalue weighted by Crippen LogP contribution is -2.23. The van der Waals surface area contributed by atoms with Crippen LogP contribution in [0.15, 0.2) is 58.5 Å². The average Bonchev–Trinajstić information content (AvgIpc) is 3.30. The van der Waals surface area contributed by atoms with Crippen molar-refractivity contribution in [1.29, 1.82) is 0 Å². The van der Waals surface area contributed by atoms with E-state index in [1.54, 1.807) is 16.9 Å². The van der Waals surface area contributed by atoms with E-state index in [0.29, 0.717) is 23.1 Å². The molecule has 0 bridgehead atoms. The van der Waals surface area contributed by atoms with Gasteiger partial charge in [-0.05, 0) is 42.0 Å². The summed E-state index contributed by atoms with van der Waals surface area (Å²) in [6.45, 7) is 0. The molecule has 8 heteroatoms. The van der Waals surface area contributed by atoms with Crippen LogP contribution in [0.5, 0.6) is 0 Å². The fraction of sp³-hybridized carbons (Fsp3) is 0.158. The Labute approximate surface area is 157 Å². The maximum absolute atomic E-state index is 12.2. The van der Waals surface area contributed by atoms with E-state index in [2.05, 4.69) is 20.1 Å². The Morgan fingerprint density at radius 3 is 2.74 bits per heavy atom. The summed E-state index contributed by atoms with van der Waals surface area (Å²) in [6.07, 6.45) is 5.82. The van der Waals surface area contributed by atoms with Crippen LogP contribution in [0.1, 0.15) is 29.4 Å². The minimum Gasteiger partial charge on any atom is -0.313 e. The van der Waals surface area contributed by atoms with E-state index in [-0.39, 0.29) is 0 Å². The lowest BCUT2D eigenvalue weighted by Gasteiger charge is -2.07. The van der Waals surface area contributed by atoms with Crippen LogP contribution in [-0.4, -0.2) is 24.6 Å². The number of halogens is 1. The Balaban J connectivity index is 1.60. The SMILES string of the molecule is O=c1[nH]cc(-c2cc(C3CC3c3ccc(Cl)cc3)c3nccn3n2)c(=O)[nH]1. The zero-order valence-electron chi connectivity index (χ0n) is 14.0. The van der Waals surface area contributed by atoms with Crippen molar-refractivity contribution < 1.29 is 0 Å². The minimum atomic E-state index is -0.544. The largest absolute Gasteiger partial charge is 0.325 e. The van der Waals surface area contributed by atoms with Gasteiger partial charge in [0.15, 0.2) is 5.65 Å². The molecule has 0 amide bonds. The highest BCUT2D eigenvalue weighted by Gasteiger charge is 2.41. The molecule has 1 saturated carbocycles. The molecule has 5 rings (SSSR count).